The molecule has 1 saturated heterocycles. The number of rotatable bonds is 10. The first-order valence-corrected chi connectivity index (χ1v) is 13.0. The van der Waals surface area contributed by atoms with Crippen molar-refractivity contribution in [1.29, 1.82) is 0 Å². The van der Waals surface area contributed by atoms with Gasteiger partial charge in [-0.25, -0.2) is 9.97 Å². The van der Waals surface area contributed by atoms with E-state index in [2.05, 4.69) is 14.9 Å². The van der Waals surface area contributed by atoms with Crippen LogP contribution in [0.3, 0.4) is 0 Å². The van der Waals surface area contributed by atoms with E-state index in [9.17, 15) is 14.7 Å². The van der Waals surface area contributed by atoms with Gasteiger partial charge in [-0.15, -0.1) is 0 Å². The van der Waals surface area contributed by atoms with Gasteiger partial charge in [0, 0.05) is 30.0 Å². The summed E-state index contributed by atoms with van der Waals surface area (Å²) < 4.78 is 5.41. The summed E-state index contributed by atoms with van der Waals surface area (Å²) in [5.74, 6) is 0.658. The van der Waals surface area contributed by atoms with Crippen LogP contribution in [0, 0.1) is 11.3 Å². The van der Waals surface area contributed by atoms with Crippen LogP contribution in [0.4, 0.5) is 11.5 Å². The summed E-state index contributed by atoms with van der Waals surface area (Å²) in [7, 11) is 1.64. The lowest BCUT2D eigenvalue weighted by Crippen LogP contribution is -2.38. The van der Waals surface area contributed by atoms with Gasteiger partial charge in [0.1, 0.15) is 11.8 Å². The number of aromatic nitrogens is 2. The molecule has 1 aromatic carbocycles. The number of carboxylic acids is 1. The summed E-state index contributed by atoms with van der Waals surface area (Å²) in [5, 5.41) is 10.3. The second-order valence-corrected chi connectivity index (χ2v) is 10.7. The number of aliphatic carboxylic acids is 1. The maximum Gasteiger partial charge on any atom is 0.309 e. The first-order chi connectivity index (χ1) is 16.8. The lowest BCUT2D eigenvalue weighted by Gasteiger charge is -2.33. The molecule has 1 atom stereocenters. The van der Waals surface area contributed by atoms with Gasteiger partial charge in [-0.3, -0.25) is 19.4 Å². The Morgan fingerprint density at radius 3 is 2.66 bits per heavy atom. The Balaban J connectivity index is 1.36. The third-order valence-electron chi connectivity index (χ3n) is 7.41. The summed E-state index contributed by atoms with van der Waals surface area (Å²) in [6.07, 6.45) is 7.64. The van der Waals surface area contributed by atoms with Crippen molar-refractivity contribution in [3.05, 3.63) is 36.2 Å². The molecule has 4 rings (SSSR count). The number of benzene rings is 1. The molecule has 3 heterocycles. The lowest BCUT2D eigenvalue weighted by atomic mass is 9.79. The number of likely N-dealkylation sites (tertiary alicyclic amines) is 1. The zero-order chi connectivity index (χ0) is 25.0. The first kappa shape index (κ1) is 25.6. The molecule has 1 aromatic heterocycles. The van der Waals surface area contributed by atoms with E-state index in [1.165, 1.54) is 0 Å². The van der Waals surface area contributed by atoms with Crippen molar-refractivity contribution in [2.75, 3.05) is 38.4 Å². The molecular weight excluding hydrogens is 464 g/mol. The summed E-state index contributed by atoms with van der Waals surface area (Å²) in [5.41, 5.74) is 0.951. The number of piperidine rings is 1. The molecule has 0 aliphatic carbocycles. The van der Waals surface area contributed by atoms with Crippen LogP contribution in [0.1, 0.15) is 56.3 Å². The second kappa shape index (κ2) is 11.1. The van der Waals surface area contributed by atoms with Crippen molar-refractivity contribution in [3.8, 4) is 0 Å². The molecule has 2 aromatic rings. The SMILES string of the molecule is CCC(C)(CCC1CCN(CC(=O)c2ccc3c(c2)N(COC)c2nccnc2S3)CC1)C(=O)O. The van der Waals surface area contributed by atoms with Crippen LogP contribution in [-0.2, 0) is 9.53 Å². The molecule has 0 spiro atoms. The normalized spacial score (nSPS) is 18.0. The Bertz CT molecular complexity index is 1070. The molecule has 0 saturated carbocycles. The number of nitrogens with zero attached hydrogens (tertiary/aromatic N) is 4. The summed E-state index contributed by atoms with van der Waals surface area (Å²) >= 11 is 1.55. The number of anilines is 2. The van der Waals surface area contributed by atoms with E-state index in [-0.39, 0.29) is 5.78 Å². The summed E-state index contributed by atoms with van der Waals surface area (Å²) in [6, 6.07) is 5.81. The Morgan fingerprint density at radius 2 is 1.97 bits per heavy atom. The average molecular weight is 499 g/mol. The van der Waals surface area contributed by atoms with E-state index >= 15 is 0 Å². The molecule has 0 amide bonds. The van der Waals surface area contributed by atoms with Gasteiger partial charge in [-0.2, -0.15) is 0 Å². The van der Waals surface area contributed by atoms with Gasteiger partial charge in [0.05, 0.1) is 17.6 Å². The van der Waals surface area contributed by atoms with Gasteiger partial charge < -0.3 is 9.84 Å². The molecule has 9 heteroatoms. The number of carbonyl (C=O) groups is 2. The van der Waals surface area contributed by atoms with E-state index in [0.717, 1.165) is 53.8 Å². The maximum atomic E-state index is 13.2. The maximum absolute atomic E-state index is 13.2. The number of methoxy groups -OCH3 is 1. The lowest BCUT2D eigenvalue weighted by molar-refractivity contribution is -0.148. The molecule has 0 radical (unpaired) electrons. The predicted octanol–water partition coefficient (Wildman–Crippen LogP) is 4.86. The smallest absolute Gasteiger partial charge is 0.309 e. The van der Waals surface area contributed by atoms with Crippen LogP contribution in [0.5, 0.6) is 0 Å². The van der Waals surface area contributed by atoms with Crippen molar-refractivity contribution in [3.63, 3.8) is 0 Å². The van der Waals surface area contributed by atoms with Crippen LogP contribution in [0.25, 0.3) is 0 Å². The zero-order valence-corrected chi connectivity index (χ0v) is 21.5. The van der Waals surface area contributed by atoms with Gasteiger partial charge in [0.25, 0.3) is 0 Å². The van der Waals surface area contributed by atoms with Crippen molar-refractivity contribution in [2.45, 2.75) is 55.9 Å². The summed E-state index contributed by atoms with van der Waals surface area (Å²) in [4.78, 5) is 38.9. The minimum absolute atomic E-state index is 0.1000. The standard InChI is InChI=1S/C26H34N4O4S/c1-4-26(2,25(32)33)10-7-18-8-13-29(14-9-18)16-21(31)19-5-6-22-20(15-19)30(17-34-3)23-24(35-22)28-12-11-27-23/h5-6,11-12,15,18H,4,7-10,13-14,16-17H2,1-3H3,(H,32,33). The van der Waals surface area contributed by atoms with Crippen LogP contribution in [0.15, 0.2) is 40.5 Å². The molecule has 1 fully saturated rings. The number of ether oxygens (including phenoxy) is 1. The third-order valence-corrected chi connectivity index (χ3v) is 8.46. The van der Waals surface area contributed by atoms with E-state index in [4.69, 9.17) is 4.74 Å². The topological polar surface area (TPSA) is 95.9 Å². The second-order valence-electron chi connectivity index (χ2n) is 9.72. The molecular formula is C26H34N4O4S. The Kier molecular flexibility index (Phi) is 8.09. The highest BCUT2D eigenvalue weighted by Crippen LogP contribution is 2.46. The van der Waals surface area contributed by atoms with Gasteiger partial charge in [0.15, 0.2) is 11.6 Å². The molecule has 1 unspecified atom stereocenters. The number of carbonyl (C=O) groups excluding carboxylic acids is 1. The van der Waals surface area contributed by atoms with Crippen LogP contribution < -0.4 is 4.90 Å². The van der Waals surface area contributed by atoms with E-state index < -0.39 is 11.4 Å². The van der Waals surface area contributed by atoms with Crippen molar-refractivity contribution < 1.29 is 19.4 Å². The quantitative estimate of drug-likeness (QED) is 0.461. The highest BCUT2D eigenvalue weighted by molar-refractivity contribution is 7.99. The van der Waals surface area contributed by atoms with Gasteiger partial charge in [-0.05, 0) is 70.2 Å². The van der Waals surface area contributed by atoms with E-state index in [0.29, 0.717) is 37.6 Å². The molecule has 35 heavy (non-hydrogen) atoms. The molecule has 2 aliphatic rings. The monoisotopic (exact) mass is 498 g/mol. The fraction of sp³-hybridized carbons (Fsp3) is 0.538. The largest absolute Gasteiger partial charge is 0.481 e. The number of Topliss-reactive ketones (excluding diaryl/α,β-unsaturated/α-hetero) is 1. The molecule has 1 N–H and O–H groups in total. The third kappa shape index (κ3) is 5.68. The predicted molar refractivity (Wildman–Crippen MR) is 135 cm³/mol. The minimum Gasteiger partial charge on any atom is -0.481 e. The number of hydrogen-bond acceptors (Lipinski definition) is 8. The van der Waals surface area contributed by atoms with Gasteiger partial charge in [-0.1, -0.05) is 24.8 Å². The number of ketones is 1. The van der Waals surface area contributed by atoms with E-state index in [1.807, 2.05) is 36.9 Å². The van der Waals surface area contributed by atoms with Crippen molar-refractivity contribution >= 4 is 35.0 Å². The van der Waals surface area contributed by atoms with Gasteiger partial charge in [0.2, 0.25) is 0 Å². The molecule has 2 aliphatic heterocycles. The Hall–Kier alpha value is -2.49. The molecule has 188 valence electrons. The first-order valence-electron chi connectivity index (χ1n) is 12.2. The number of carboxylic acid groups (broad SMARTS) is 1. The Labute approximate surface area is 211 Å². The Morgan fingerprint density at radius 1 is 1.23 bits per heavy atom. The fourth-order valence-corrected chi connectivity index (χ4v) is 5.71. The minimum atomic E-state index is -0.703. The van der Waals surface area contributed by atoms with Gasteiger partial charge >= 0.3 is 5.97 Å². The molecule has 0 bridgehead atoms. The summed E-state index contributed by atoms with van der Waals surface area (Å²) in [6.45, 7) is 6.24. The van der Waals surface area contributed by atoms with Crippen molar-refractivity contribution in [1.82, 2.24) is 14.9 Å². The zero-order valence-electron chi connectivity index (χ0n) is 20.7. The van der Waals surface area contributed by atoms with E-state index in [1.54, 1.807) is 31.3 Å². The highest BCUT2D eigenvalue weighted by atomic mass is 32.2. The number of hydrogen-bond donors (Lipinski definition) is 1. The fourth-order valence-electron chi connectivity index (χ4n) is 4.73. The molecule has 8 nitrogen and oxygen atoms in total. The van der Waals surface area contributed by atoms with Crippen LogP contribution >= 0.6 is 11.8 Å². The average Bonchev–Trinajstić information content (AvgIpc) is 2.87. The number of fused-ring (bicyclic) bond motifs is 2. The highest BCUT2D eigenvalue weighted by Gasteiger charge is 2.32. The van der Waals surface area contributed by atoms with Crippen LogP contribution in [-0.4, -0.2) is 65.2 Å². The van der Waals surface area contributed by atoms with Crippen molar-refractivity contribution in [2.24, 2.45) is 11.3 Å². The van der Waals surface area contributed by atoms with Crippen LogP contribution in [0.2, 0.25) is 0 Å².